The molecule has 1 aromatic carbocycles. The molecular formula is C26H26F3NO4. The summed E-state index contributed by atoms with van der Waals surface area (Å²) in [6, 6.07) is 8.64. The lowest BCUT2D eigenvalue weighted by molar-refractivity contribution is -0.156. The molecule has 180 valence electrons. The van der Waals surface area contributed by atoms with E-state index in [1.807, 2.05) is 6.07 Å². The van der Waals surface area contributed by atoms with Crippen molar-refractivity contribution >= 4 is 5.97 Å². The van der Waals surface area contributed by atoms with Gasteiger partial charge in [0.2, 0.25) is 0 Å². The van der Waals surface area contributed by atoms with E-state index in [1.54, 1.807) is 6.07 Å². The fourth-order valence-electron chi connectivity index (χ4n) is 4.65. The fraction of sp³-hybridized carbons (Fsp3) is 0.423. The van der Waals surface area contributed by atoms with E-state index in [9.17, 15) is 23.1 Å². The second-order valence-corrected chi connectivity index (χ2v) is 9.23. The topological polar surface area (TPSA) is 62.9 Å². The molecule has 5 rings (SSSR count). The molecule has 8 heteroatoms. The standard InChI is InChI=1S/C26H26F3NO4/c27-26(28,29)20-4-1-18(2-5-20)23-8-7-22(33-23)16-30-13-9-17-3-6-21(15-19(17)10-14-30)34-25(11-12-25)24(31)32/h1-5,7-8,15,21H,6,9-14,16H2,(H,31,32). The number of halogens is 3. The summed E-state index contributed by atoms with van der Waals surface area (Å²) in [5.74, 6) is 0.438. The first-order valence-electron chi connectivity index (χ1n) is 11.5. The van der Waals surface area contributed by atoms with Crippen LogP contribution in [0.4, 0.5) is 13.2 Å². The van der Waals surface area contributed by atoms with Crippen LogP contribution in [0.1, 0.15) is 43.4 Å². The molecule has 1 aromatic heterocycles. The molecule has 1 unspecified atom stereocenters. The summed E-state index contributed by atoms with van der Waals surface area (Å²) in [4.78, 5) is 13.7. The van der Waals surface area contributed by atoms with Gasteiger partial charge in [-0.3, -0.25) is 4.90 Å². The molecule has 1 saturated heterocycles. The van der Waals surface area contributed by atoms with Gasteiger partial charge >= 0.3 is 12.1 Å². The SMILES string of the molecule is O=C(O)C1(OC2C=C3CCN(Cc4ccc(-c5ccc(C(F)(F)F)cc5)o4)CCC3=CC2)CC1. The predicted octanol–water partition coefficient (Wildman–Crippen LogP) is 5.82. The van der Waals surface area contributed by atoms with Crippen molar-refractivity contribution in [1.29, 1.82) is 0 Å². The number of carbonyl (C=O) groups is 1. The predicted molar refractivity (Wildman–Crippen MR) is 119 cm³/mol. The maximum Gasteiger partial charge on any atom is 0.416 e. The van der Waals surface area contributed by atoms with Crippen LogP contribution in [0.2, 0.25) is 0 Å². The number of likely N-dealkylation sites (tertiary alicyclic amines) is 1. The van der Waals surface area contributed by atoms with Gasteiger partial charge in [-0.15, -0.1) is 0 Å². The molecule has 1 aliphatic heterocycles. The van der Waals surface area contributed by atoms with Crippen molar-refractivity contribution in [2.24, 2.45) is 0 Å². The zero-order valence-corrected chi connectivity index (χ0v) is 18.6. The number of rotatable bonds is 6. The lowest BCUT2D eigenvalue weighted by atomic mass is 9.92. The molecule has 5 nitrogen and oxygen atoms in total. The molecule has 1 N–H and O–H groups in total. The number of carboxylic acids is 1. The van der Waals surface area contributed by atoms with Crippen LogP contribution in [-0.4, -0.2) is 40.8 Å². The molecular weight excluding hydrogens is 447 g/mol. The minimum absolute atomic E-state index is 0.194. The highest BCUT2D eigenvalue weighted by Crippen LogP contribution is 2.42. The number of nitrogens with zero attached hydrogens (tertiary/aromatic N) is 1. The molecule has 34 heavy (non-hydrogen) atoms. The Morgan fingerprint density at radius 2 is 1.79 bits per heavy atom. The van der Waals surface area contributed by atoms with Gasteiger partial charge in [-0.1, -0.05) is 24.3 Å². The van der Waals surface area contributed by atoms with Crippen molar-refractivity contribution in [3.8, 4) is 11.3 Å². The molecule has 2 aliphatic carbocycles. The molecule has 1 saturated carbocycles. The van der Waals surface area contributed by atoms with Gasteiger partial charge in [-0.2, -0.15) is 13.2 Å². The lowest BCUT2D eigenvalue weighted by Crippen LogP contribution is -2.31. The summed E-state index contributed by atoms with van der Waals surface area (Å²) in [7, 11) is 0. The van der Waals surface area contributed by atoms with Crippen LogP contribution in [0.25, 0.3) is 11.3 Å². The summed E-state index contributed by atoms with van der Waals surface area (Å²) in [5.41, 5.74) is 1.46. The number of ether oxygens (including phenoxy) is 1. The Morgan fingerprint density at radius 3 is 2.44 bits per heavy atom. The number of hydrogen-bond acceptors (Lipinski definition) is 4. The molecule has 0 spiro atoms. The van der Waals surface area contributed by atoms with Crippen molar-refractivity contribution in [2.45, 2.75) is 56.5 Å². The Labute approximate surface area is 195 Å². The van der Waals surface area contributed by atoms with Crippen LogP contribution >= 0.6 is 0 Å². The van der Waals surface area contributed by atoms with E-state index < -0.39 is 23.3 Å². The van der Waals surface area contributed by atoms with Gasteiger partial charge in [0.05, 0.1) is 18.2 Å². The molecule has 0 bridgehead atoms. The number of hydrogen-bond donors (Lipinski definition) is 1. The number of aliphatic carboxylic acids is 1. The second kappa shape index (κ2) is 8.74. The van der Waals surface area contributed by atoms with E-state index in [4.69, 9.17) is 9.15 Å². The average Bonchev–Trinajstić information content (AvgIpc) is 3.49. The molecule has 0 radical (unpaired) electrons. The molecule has 0 amide bonds. The monoisotopic (exact) mass is 473 g/mol. The van der Waals surface area contributed by atoms with Gasteiger partial charge < -0.3 is 14.3 Å². The summed E-state index contributed by atoms with van der Waals surface area (Å²) in [6.45, 7) is 2.31. The van der Waals surface area contributed by atoms with E-state index in [0.29, 0.717) is 37.1 Å². The highest BCUT2D eigenvalue weighted by Gasteiger charge is 2.53. The highest BCUT2D eigenvalue weighted by molar-refractivity contribution is 5.80. The third-order valence-corrected chi connectivity index (χ3v) is 6.80. The van der Waals surface area contributed by atoms with Gasteiger partial charge in [-0.05, 0) is 67.5 Å². The van der Waals surface area contributed by atoms with Crippen LogP contribution in [0, 0.1) is 0 Å². The first kappa shape index (κ1) is 22.9. The van der Waals surface area contributed by atoms with Crippen LogP contribution in [0.3, 0.4) is 0 Å². The lowest BCUT2D eigenvalue weighted by Gasteiger charge is -2.24. The van der Waals surface area contributed by atoms with Crippen molar-refractivity contribution in [2.75, 3.05) is 13.1 Å². The van der Waals surface area contributed by atoms with Gasteiger partial charge in [0.1, 0.15) is 11.5 Å². The third kappa shape index (κ3) is 4.83. The minimum atomic E-state index is -4.36. The van der Waals surface area contributed by atoms with Crippen molar-refractivity contribution in [3.63, 3.8) is 0 Å². The largest absolute Gasteiger partial charge is 0.479 e. The van der Waals surface area contributed by atoms with Crippen LogP contribution < -0.4 is 0 Å². The van der Waals surface area contributed by atoms with E-state index in [1.165, 1.54) is 23.3 Å². The first-order chi connectivity index (χ1) is 16.2. The number of carboxylic acid groups (broad SMARTS) is 1. The van der Waals surface area contributed by atoms with E-state index in [0.717, 1.165) is 43.8 Å². The van der Waals surface area contributed by atoms with Crippen molar-refractivity contribution < 1.29 is 32.2 Å². The maximum atomic E-state index is 12.8. The normalized spacial score (nSPS) is 22.4. The van der Waals surface area contributed by atoms with Gasteiger partial charge in [0, 0.05) is 18.7 Å². The Morgan fingerprint density at radius 1 is 1.09 bits per heavy atom. The van der Waals surface area contributed by atoms with Crippen LogP contribution in [0.15, 0.2) is 64.1 Å². The fourth-order valence-corrected chi connectivity index (χ4v) is 4.65. The zero-order valence-electron chi connectivity index (χ0n) is 18.6. The Kier molecular flexibility index (Phi) is 5.90. The summed E-state index contributed by atoms with van der Waals surface area (Å²) < 4.78 is 50.2. The molecule has 1 atom stereocenters. The Balaban J connectivity index is 1.20. The second-order valence-electron chi connectivity index (χ2n) is 9.23. The Hall–Kier alpha value is -2.84. The number of benzene rings is 1. The van der Waals surface area contributed by atoms with E-state index >= 15 is 0 Å². The summed E-state index contributed by atoms with van der Waals surface area (Å²) in [6.07, 6.45) is 3.31. The highest BCUT2D eigenvalue weighted by atomic mass is 19.4. The average molecular weight is 473 g/mol. The molecule has 2 aromatic rings. The smallest absolute Gasteiger partial charge is 0.416 e. The number of furan rings is 1. The zero-order chi connectivity index (χ0) is 23.9. The molecule has 3 aliphatic rings. The quantitative estimate of drug-likeness (QED) is 0.573. The molecule has 2 fully saturated rings. The van der Waals surface area contributed by atoms with Gasteiger partial charge in [0.25, 0.3) is 0 Å². The van der Waals surface area contributed by atoms with Gasteiger partial charge in [0.15, 0.2) is 5.60 Å². The summed E-state index contributed by atoms with van der Waals surface area (Å²) >= 11 is 0. The van der Waals surface area contributed by atoms with Crippen molar-refractivity contribution in [1.82, 2.24) is 4.90 Å². The Bertz CT molecular complexity index is 1130. The number of fused-ring (bicyclic) bond motifs is 1. The maximum absolute atomic E-state index is 12.8. The van der Waals surface area contributed by atoms with Crippen LogP contribution in [-0.2, 0) is 22.3 Å². The minimum Gasteiger partial charge on any atom is -0.479 e. The van der Waals surface area contributed by atoms with Gasteiger partial charge in [-0.25, -0.2) is 4.79 Å². The first-order valence-corrected chi connectivity index (χ1v) is 11.5. The summed E-state index contributed by atoms with van der Waals surface area (Å²) in [5, 5.41) is 9.38. The van der Waals surface area contributed by atoms with E-state index in [-0.39, 0.29) is 6.10 Å². The molecule has 2 heterocycles. The van der Waals surface area contributed by atoms with Crippen molar-refractivity contribution in [3.05, 3.63) is 71.0 Å². The number of alkyl halides is 3. The van der Waals surface area contributed by atoms with Crippen LogP contribution in [0.5, 0.6) is 0 Å². The third-order valence-electron chi connectivity index (χ3n) is 6.80. The van der Waals surface area contributed by atoms with E-state index in [2.05, 4.69) is 17.1 Å².